The van der Waals surface area contributed by atoms with E-state index in [0.29, 0.717) is 63.7 Å². The Morgan fingerprint density at radius 3 is 2.03 bits per heavy atom. The number of benzene rings is 5. The highest BCUT2D eigenvalue weighted by Crippen LogP contribution is 2.43. The predicted octanol–water partition coefficient (Wildman–Crippen LogP) is 10.2. The second-order valence-corrected chi connectivity index (χ2v) is 18.7. The van der Waals surface area contributed by atoms with E-state index in [1.807, 2.05) is 76.2 Å². The summed E-state index contributed by atoms with van der Waals surface area (Å²) in [6.45, 7) is 10.2. The van der Waals surface area contributed by atoms with Crippen LogP contribution < -0.4 is 14.8 Å². The van der Waals surface area contributed by atoms with Crippen molar-refractivity contribution < 1.29 is 23.3 Å². The number of para-hydroxylation sites is 2. The van der Waals surface area contributed by atoms with E-state index in [0.717, 1.165) is 73.2 Å². The molecule has 2 N–H and O–H groups in total. The van der Waals surface area contributed by atoms with Gasteiger partial charge >= 0.3 is 0 Å². The fourth-order valence-electron chi connectivity index (χ4n) is 10.3. The Kier molecular flexibility index (Phi) is 12.2. The number of nitrogens with one attached hydrogen (secondary N) is 2. The van der Waals surface area contributed by atoms with Gasteiger partial charge in [0.15, 0.2) is 0 Å². The molecule has 352 valence electrons. The first-order valence-electron chi connectivity index (χ1n) is 24.1. The highest BCUT2D eigenvalue weighted by Gasteiger charge is 2.36. The summed E-state index contributed by atoms with van der Waals surface area (Å²) in [6, 6.07) is 36.3. The van der Waals surface area contributed by atoms with E-state index < -0.39 is 0 Å². The van der Waals surface area contributed by atoms with Gasteiger partial charge in [-0.15, -0.1) is 0 Å². The standard InChI is InChI=1S/C55H52N10O5/c1-31(2)66-49-21-15-34(25-36(49)27-56)54-62-53(64-70-54)44-12-8-10-42-40(44)18-20-48(42)65-24-23-38(30-65)67-32(3)33(4)68-50-22-16-35(26-37(50)28-57)55-61-52(63-69-55)43-11-7-9-41-39(43)17-19-45(41)58-29-51-59-46-13-5-6-14-47(46)60-51/h5-16,21-22,25-26,31-33,38,45,48,58H,17-20,23-24,29-30H2,1-4H3,(H,59,60). The summed E-state index contributed by atoms with van der Waals surface area (Å²) >= 11 is 0. The monoisotopic (exact) mass is 932 g/mol. The molecule has 0 bridgehead atoms. The molecule has 4 heterocycles. The number of hydrogen-bond donors (Lipinski definition) is 2. The maximum Gasteiger partial charge on any atom is 0.258 e. The molecular weight excluding hydrogens is 881 g/mol. The molecule has 5 aromatic carbocycles. The third kappa shape index (κ3) is 8.80. The van der Waals surface area contributed by atoms with Gasteiger partial charge in [-0.05, 0) is 131 Å². The van der Waals surface area contributed by atoms with Gasteiger partial charge in [-0.3, -0.25) is 4.90 Å². The fraction of sp³-hybridized carbons (Fsp3) is 0.327. The molecule has 15 nitrogen and oxygen atoms in total. The molecule has 3 aromatic heterocycles. The van der Waals surface area contributed by atoms with E-state index in [9.17, 15) is 10.5 Å². The van der Waals surface area contributed by atoms with E-state index in [4.69, 9.17) is 38.2 Å². The SMILES string of the molecule is CC(C)Oc1ccc(-c2nc(-c3cccc4c3CCC4N3CCC(OC(C)C(C)Oc4ccc(-c5nc(-c6cccc7c6CCC7NCc6nc7ccccc7[nH]6)no5)cc4C#N)C3)no2)cc1C#N. The minimum absolute atomic E-state index is 0.0314. The largest absolute Gasteiger partial charge is 0.490 e. The van der Waals surface area contributed by atoms with Crippen LogP contribution in [-0.4, -0.2) is 72.7 Å². The number of aromatic nitrogens is 6. The lowest BCUT2D eigenvalue weighted by molar-refractivity contribution is -0.0494. The first-order chi connectivity index (χ1) is 34.2. The van der Waals surface area contributed by atoms with Crippen LogP contribution in [0.4, 0.5) is 0 Å². The van der Waals surface area contributed by atoms with Crippen LogP contribution in [-0.2, 0) is 24.1 Å². The summed E-state index contributed by atoms with van der Waals surface area (Å²) in [5, 5.41) is 32.4. The van der Waals surface area contributed by atoms with Crippen molar-refractivity contribution in [2.24, 2.45) is 0 Å². The molecule has 1 aliphatic heterocycles. The van der Waals surface area contributed by atoms with Gasteiger partial charge in [0, 0.05) is 47.4 Å². The zero-order valence-corrected chi connectivity index (χ0v) is 39.5. The third-order valence-corrected chi connectivity index (χ3v) is 13.9. The van der Waals surface area contributed by atoms with Gasteiger partial charge in [-0.2, -0.15) is 20.5 Å². The quantitative estimate of drug-likeness (QED) is 0.0985. The molecule has 0 saturated carbocycles. The number of likely N-dealkylation sites (tertiary alicyclic amines) is 1. The molecule has 15 heteroatoms. The number of nitriles is 2. The van der Waals surface area contributed by atoms with Crippen molar-refractivity contribution >= 4 is 11.0 Å². The summed E-state index contributed by atoms with van der Waals surface area (Å²) < 4.78 is 30.4. The maximum atomic E-state index is 10.2. The minimum Gasteiger partial charge on any atom is -0.490 e. The summed E-state index contributed by atoms with van der Waals surface area (Å²) in [4.78, 5) is 20.2. The van der Waals surface area contributed by atoms with Gasteiger partial charge in [0.05, 0.1) is 47.0 Å². The number of rotatable bonds is 15. The van der Waals surface area contributed by atoms with Crippen molar-refractivity contribution in [3.05, 3.63) is 136 Å². The smallest absolute Gasteiger partial charge is 0.258 e. The van der Waals surface area contributed by atoms with E-state index in [-0.39, 0.29) is 36.5 Å². The highest BCUT2D eigenvalue weighted by atomic mass is 16.5. The number of fused-ring (bicyclic) bond motifs is 3. The summed E-state index contributed by atoms with van der Waals surface area (Å²) in [6.07, 6.45) is 4.04. The number of ether oxygens (including phenoxy) is 3. The predicted molar refractivity (Wildman–Crippen MR) is 261 cm³/mol. The summed E-state index contributed by atoms with van der Waals surface area (Å²) in [7, 11) is 0. The molecular formula is C55H52N10O5. The molecule has 0 spiro atoms. The summed E-state index contributed by atoms with van der Waals surface area (Å²) in [5.41, 5.74) is 10.9. The van der Waals surface area contributed by atoms with Crippen LogP contribution in [0.2, 0.25) is 0 Å². The van der Waals surface area contributed by atoms with Crippen LogP contribution >= 0.6 is 0 Å². The Bertz CT molecular complexity index is 3270. The molecule has 11 rings (SSSR count). The van der Waals surface area contributed by atoms with E-state index in [2.05, 4.69) is 61.9 Å². The molecule has 1 fully saturated rings. The van der Waals surface area contributed by atoms with Gasteiger partial charge in [-0.25, -0.2) is 4.98 Å². The number of H-pyrrole nitrogens is 1. The number of nitrogens with zero attached hydrogens (tertiary/aromatic N) is 8. The lowest BCUT2D eigenvalue weighted by Crippen LogP contribution is -2.34. The molecule has 0 radical (unpaired) electrons. The van der Waals surface area contributed by atoms with E-state index in [1.54, 1.807) is 24.3 Å². The molecule has 5 unspecified atom stereocenters. The van der Waals surface area contributed by atoms with Crippen LogP contribution in [0, 0.1) is 22.7 Å². The van der Waals surface area contributed by atoms with Crippen molar-refractivity contribution in [2.75, 3.05) is 13.1 Å². The fourth-order valence-corrected chi connectivity index (χ4v) is 10.3. The number of imidazole rings is 1. The van der Waals surface area contributed by atoms with Crippen molar-refractivity contribution in [1.82, 2.24) is 40.5 Å². The Balaban J connectivity index is 0.701. The van der Waals surface area contributed by atoms with Gasteiger partial charge in [0.2, 0.25) is 11.6 Å². The van der Waals surface area contributed by atoms with E-state index >= 15 is 0 Å². The second kappa shape index (κ2) is 19.0. The zero-order chi connectivity index (χ0) is 47.9. The minimum atomic E-state index is -0.327. The molecule has 2 aliphatic carbocycles. The second-order valence-electron chi connectivity index (χ2n) is 18.7. The summed E-state index contributed by atoms with van der Waals surface area (Å²) in [5.74, 6) is 3.64. The highest BCUT2D eigenvalue weighted by molar-refractivity contribution is 5.75. The van der Waals surface area contributed by atoms with Crippen molar-refractivity contribution in [2.45, 2.75) is 103 Å². The van der Waals surface area contributed by atoms with Crippen LogP contribution in [0.3, 0.4) is 0 Å². The van der Waals surface area contributed by atoms with Crippen LogP contribution in [0.1, 0.15) is 98.2 Å². The van der Waals surface area contributed by atoms with E-state index in [1.165, 1.54) is 22.3 Å². The lowest BCUT2D eigenvalue weighted by atomic mass is 10.0. The molecule has 3 aliphatic rings. The molecule has 0 amide bonds. The molecule has 70 heavy (non-hydrogen) atoms. The Hall–Kier alpha value is -7.69. The van der Waals surface area contributed by atoms with Crippen molar-refractivity contribution in [1.29, 1.82) is 10.5 Å². The van der Waals surface area contributed by atoms with Gasteiger partial charge in [-0.1, -0.05) is 58.8 Å². The van der Waals surface area contributed by atoms with Crippen LogP contribution in [0.5, 0.6) is 11.5 Å². The van der Waals surface area contributed by atoms with Gasteiger partial charge < -0.3 is 33.6 Å². The molecule has 8 aromatic rings. The lowest BCUT2D eigenvalue weighted by Gasteiger charge is -2.27. The topological polar surface area (TPSA) is 197 Å². The van der Waals surface area contributed by atoms with Crippen molar-refractivity contribution in [3.8, 4) is 69.3 Å². The normalized spacial score (nSPS) is 18.4. The third-order valence-electron chi connectivity index (χ3n) is 13.9. The average molecular weight is 933 g/mol. The Morgan fingerprint density at radius 2 is 1.36 bits per heavy atom. The van der Waals surface area contributed by atoms with Crippen LogP contribution in [0.15, 0.2) is 106 Å². The van der Waals surface area contributed by atoms with Gasteiger partial charge in [0.25, 0.3) is 11.8 Å². The molecule has 1 saturated heterocycles. The van der Waals surface area contributed by atoms with Crippen molar-refractivity contribution in [3.63, 3.8) is 0 Å². The van der Waals surface area contributed by atoms with Gasteiger partial charge in [0.1, 0.15) is 35.6 Å². The average Bonchev–Trinajstić information content (AvgIpc) is 4.25. The number of hydrogen-bond acceptors (Lipinski definition) is 14. The first kappa shape index (κ1) is 44.8. The van der Waals surface area contributed by atoms with Crippen LogP contribution in [0.25, 0.3) is 56.7 Å². The first-order valence-corrected chi connectivity index (χ1v) is 24.1. The Morgan fingerprint density at radius 1 is 0.714 bits per heavy atom. The number of aromatic amines is 1. The maximum absolute atomic E-state index is 10.2. The Labute approximate surface area is 405 Å². The molecule has 5 atom stereocenters. The zero-order valence-electron chi connectivity index (χ0n) is 39.5.